The number of nitrogens with zero attached hydrogens (tertiary/aromatic N) is 1. The molecular formula is C15H16Cl3N3O2S. The third kappa shape index (κ3) is 5.05. The van der Waals surface area contributed by atoms with Gasteiger partial charge in [-0.25, -0.2) is 4.98 Å². The van der Waals surface area contributed by atoms with Crippen LogP contribution >= 0.6 is 46.9 Å². The van der Waals surface area contributed by atoms with Gasteiger partial charge < -0.3 is 15.4 Å². The van der Waals surface area contributed by atoms with Crippen molar-refractivity contribution in [3.8, 4) is 0 Å². The maximum atomic E-state index is 12.1. The van der Waals surface area contributed by atoms with Gasteiger partial charge in [0.15, 0.2) is 5.13 Å². The molecule has 1 aliphatic heterocycles. The molecule has 5 nitrogen and oxygen atoms in total. The molecule has 1 saturated heterocycles. The van der Waals surface area contributed by atoms with E-state index in [2.05, 4.69) is 15.6 Å². The van der Waals surface area contributed by atoms with Crippen molar-refractivity contribution in [1.82, 2.24) is 10.3 Å². The van der Waals surface area contributed by atoms with Crippen molar-refractivity contribution >= 4 is 58.0 Å². The first kappa shape index (κ1) is 19.4. The normalized spacial score (nSPS) is 17.2. The molecule has 0 spiro atoms. The number of aromatic nitrogens is 1. The number of thiazole rings is 1. The van der Waals surface area contributed by atoms with Crippen LogP contribution in [0.5, 0.6) is 0 Å². The van der Waals surface area contributed by atoms with Gasteiger partial charge in [0, 0.05) is 34.1 Å². The first-order chi connectivity index (χ1) is 11.1. The number of amides is 1. The van der Waals surface area contributed by atoms with Gasteiger partial charge in [-0.05, 0) is 23.8 Å². The van der Waals surface area contributed by atoms with Crippen LogP contribution in [-0.4, -0.2) is 36.7 Å². The second-order valence-corrected chi connectivity index (χ2v) is 7.07. The van der Waals surface area contributed by atoms with Gasteiger partial charge in [-0.1, -0.05) is 23.2 Å². The van der Waals surface area contributed by atoms with Crippen LogP contribution in [0, 0.1) is 0 Å². The summed E-state index contributed by atoms with van der Waals surface area (Å²) in [6.45, 7) is 1.68. The molecule has 2 heterocycles. The second kappa shape index (κ2) is 8.99. The number of morpholine rings is 1. The Morgan fingerprint density at radius 2 is 2.29 bits per heavy atom. The Bertz CT molecular complexity index is 705. The van der Waals surface area contributed by atoms with E-state index in [0.717, 1.165) is 10.4 Å². The highest BCUT2D eigenvalue weighted by Crippen LogP contribution is 2.27. The van der Waals surface area contributed by atoms with E-state index in [1.807, 2.05) is 6.07 Å². The van der Waals surface area contributed by atoms with Gasteiger partial charge in [0.05, 0.1) is 13.2 Å². The molecule has 0 radical (unpaired) electrons. The predicted octanol–water partition coefficient (Wildman–Crippen LogP) is 3.39. The number of ether oxygens (including phenoxy) is 1. The largest absolute Gasteiger partial charge is 0.378 e. The fourth-order valence-electron chi connectivity index (χ4n) is 2.24. The molecule has 0 aliphatic carbocycles. The number of carbonyl (C=O) groups is 1. The van der Waals surface area contributed by atoms with Crippen molar-refractivity contribution in [2.24, 2.45) is 0 Å². The summed E-state index contributed by atoms with van der Waals surface area (Å²) >= 11 is 13.6. The molecule has 1 aliphatic rings. The van der Waals surface area contributed by atoms with Crippen molar-refractivity contribution in [3.05, 3.63) is 44.9 Å². The fraction of sp³-hybridized carbons (Fsp3) is 0.333. The van der Waals surface area contributed by atoms with Crippen LogP contribution in [0.2, 0.25) is 10.0 Å². The van der Waals surface area contributed by atoms with Gasteiger partial charge in [-0.3, -0.25) is 4.79 Å². The van der Waals surface area contributed by atoms with Gasteiger partial charge in [0.2, 0.25) is 5.91 Å². The quantitative estimate of drug-likeness (QED) is 0.814. The van der Waals surface area contributed by atoms with Gasteiger partial charge in [0.25, 0.3) is 0 Å². The van der Waals surface area contributed by atoms with Crippen LogP contribution in [0.25, 0.3) is 0 Å². The number of nitrogens with one attached hydrogen (secondary N) is 2. The standard InChI is InChI=1S/C15H15Cl2N3O2S.ClH/c16-10-1-2-12(17)9(5-10)6-11-7-19-15(23-11)20-14(21)13-8-22-4-3-18-13;/h1-2,5,7,13,18H,3-4,6,8H2,(H,19,20,21);1H. The van der Waals surface area contributed by atoms with Crippen molar-refractivity contribution in [2.75, 3.05) is 25.1 Å². The third-order valence-electron chi connectivity index (χ3n) is 3.39. The molecule has 1 fully saturated rings. The molecule has 130 valence electrons. The minimum atomic E-state index is -0.335. The number of anilines is 1. The van der Waals surface area contributed by atoms with Crippen molar-refractivity contribution < 1.29 is 9.53 Å². The van der Waals surface area contributed by atoms with Crippen LogP contribution in [0.4, 0.5) is 5.13 Å². The van der Waals surface area contributed by atoms with Crippen LogP contribution in [-0.2, 0) is 16.0 Å². The lowest BCUT2D eigenvalue weighted by atomic mass is 10.1. The molecular weight excluding hydrogens is 393 g/mol. The Kier molecular flexibility index (Phi) is 7.28. The van der Waals surface area contributed by atoms with Gasteiger partial charge in [0.1, 0.15) is 6.04 Å². The summed E-state index contributed by atoms with van der Waals surface area (Å²) in [5.41, 5.74) is 0.933. The molecule has 1 unspecified atom stereocenters. The topological polar surface area (TPSA) is 63.2 Å². The monoisotopic (exact) mass is 407 g/mol. The Morgan fingerprint density at radius 3 is 3.04 bits per heavy atom. The van der Waals surface area contributed by atoms with Gasteiger partial charge in [-0.2, -0.15) is 0 Å². The second-order valence-electron chi connectivity index (χ2n) is 5.12. The molecule has 0 bridgehead atoms. The first-order valence-corrected chi connectivity index (χ1v) is 8.69. The molecule has 2 aromatic rings. The zero-order chi connectivity index (χ0) is 16.2. The zero-order valence-corrected chi connectivity index (χ0v) is 15.7. The Morgan fingerprint density at radius 1 is 1.46 bits per heavy atom. The minimum Gasteiger partial charge on any atom is -0.378 e. The van der Waals surface area contributed by atoms with Crippen LogP contribution < -0.4 is 10.6 Å². The molecule has 1 amide bonds. The van der Waals surface area contributed by atoms with Crippen molar-refractivity contribution in [2.45, 2.75) is 12.5 Å². The molecule has 9 heteroatoms. The molecule has 1 atom stereocenters. The number of hydrogen-bond donors (Lipinski definition) is 2. The van der Waals surface area contributed by atoms with E-state index in [-0.39, 0.29) is 24.4 Å². The number of halogens is 3. The highest BCUT2D eigenvalue weighted by atomic mass is 35.5. The minimum absolute atomic E-state index is 0. The van der Waals surface area contributed by atoms with Crippen LogP contribution in [0.1, 0.15) is 10.4 Å². The summed E-state index contributed by atoms with van der Waals surface area (Å²) in [5, 5.41) is 7.79. The SMILES string of the molecule is Cl.O=C(Nc1ncc(Cc2cc(Cl)ccc2Cl)s1)C1COCCN1. The van der Waals surface area contributed by atoms with E-state index in [9.17, 15) is 4.79 Å². The number of benzene rings is 1. The van der Waals surface area contributed by atoms with E-state index in [1.54, 1.807) is 18.3 Å². The molecule has 3 rings (SSSR count). The zero-order valence-electron chi connectivity index (χ0n) is 12.6. The van der Waals surface area contributed by atoms with Crippen LogP contribution in [0.15, 0.2) is 24.4 Å². The summed E-state index contributed by atoms with van der Waals surface area (Å²) < 4.78 is 5.28. The predicted molar refractivity (Wildman–Crippen MR) is 99.9 cm³/mol. The average molecular weight is 409 g/mol. The number of hydrogen-bond acceptors (Lipinski definition) is 5. The van der Waals surface area contributed by atoms with E-state index >= 15 is 0 Å². The average Bonchev–Trinajstić information content (AvgIpc) is 2.99. The molecule has 0 saturated carbocycles. The highest BCUT2D eigenvalue weighted by molar-refractivity contribution is 7.15. The Labute approximate surface area is 160 Å². The Balaban J connectivity index is 0.00000208. The summed E-state index contributed by atoms with van der Waals surface area (Å²) in [5.74, 6) is -0.133. The van der Waals surface area contributed by atoms with Gasteiger partial charge >= 0.3 is 0 Å². The fourth-order valence-corrected chi connectivity index (χ4v) is 3.46. The van der Waals surface area contributed by atoms with Crippen molar-refractivity contribution in [1.29, 1.82) is 0 Å². The molecule has 1 aromatic heterocycles. The van der Waals surface area contributed by atoms with E-state index in [0.29, 0.717) is 41.4 Å². The summed E-state index contributed by atoms with van der Waals surface area (Å²) in [6.07, 6.45) is 2.36. The molecule has 24 heavy (non-hydrogen) atoms. The lowest BCUT2D eigenvalue weighted by Gasteiger charge is -2.22. The maximum Gasteiger partial charge on any atom is 0.245 e. The third-order valence-corrected chi connectivity index (χ3v) is 4.91. The highest BCUT2D eigenvalue weighted by Gasteiger charge is 2.22. The smallest absolute Gasteiger partial charge is 0.245 e. The van der Waals surface area contributed by atoms with E-state index in [1.165, 1.54) is 11.3 Å². The molecule has 2 N–H and O–H groups in total. The summed E-state index contributed by atoms with van der Waals surface area (Å²) in [7, 11) is 0. The maximum absolute atomic E-state index is 12.1. The Hall–Kier alpha value is -0.890. The van der Waals surface area contributed by atoms with E-state index < -0.39 is 0 Å². The van der Waals surface area contributed by atoms with Crippen molar-refractivity contribution in [3.63, 3.8) is 0 Å². The summed E-state index contributed by atoms with van der Waals surface area (Å²) in [6, 6.07) is 5.03. The molecule has 1 aromatic carbocycles. The lowest BCUT2D eigenvalue weighted by molar-refractivity contribution is -0.120. The van der Waals surface area contributed by atoms with E-state index in [4.69, 9.17) is 27.9 Å². The lowest BCUT2D eigenvalue weighted by Crippen LogP contribution is -2.48. The van der Waals surface area contributed by atoms with Gasteiger partial charge in [-0.15, -0.1) is 23.7 Å². The number of carbonyl (C=O) groups excluding carboxylic acids is 1. The number of rotatable bonds is 4. The summed E-state index contributed by atoms with van der Waals surface area (Å²) in [4.78, 5) is 17.3. The van der Waals surface area contributed by atoms with Crippen LogP contribution in [0.3, 0.4) is 0 Å². The first-order valence-electron chi connectivity index (χ1n) is 7.12.